The van der Waals surface area contributed by atoms with Crippen molar-refractivity contribution < 1.29 is 19.5 Å². The second kappa shape index (κ2) is 9.08. The van der Waals surface area contributed by atoms with Gasteiger partial charge in [-0.25, -0.2) is 0 Å². The van der Waals surface area contributed by atoms with Crippen molar-refractivity contribution in [1.82, 2.24) is 15.5 Å². The van der Waals surface area contributed by atoms with Crippen molar-refractivity contribution in [3.63, 3.8) is 0 Å². The van der Waals surface area contributed by atoms with Crippen LogP contribution in [-0.2, 0) is 14.4 Å². The minimum Gasteiger partial charge on any atom is -0.395 e. The van der Waals surface area contributed by atoms with Gasteiger partial charge in [0.25, 0.3) is 0 Å². The molecule has 1 fully saturated rings. The largest absolute Gasteiger partial charge is 0.395 e. The van der Waals surface area contributed by atoms with Crippen LogP contribution in [0.4, 0.5) is 0 Å². The molecule has 0 aromatic rings. The molecule has 0 aromatic carbocycles. The normalized spacial score (nSPS) is 29.0. The number of nitrogens with one attached hydrogen (secondary N) is 2. The molecule has 1 saturated heterocycles. The summed E-state index contributed by atoms with van der Waals surface area (Å²) in [5.74, 6) is -2.16. The third kappa shape index (κ3) is 5.05. The molecule has 0 radical (unpaired) electrons. The fourth-order valence-corrected chi connectivity index (χ4v) is 5.54. The number of aliphatic hydroxyl groups excluding tert-OH is 1. The van der Waals surface area contributed by atoms with Crippen LogP contribution in [0.3, 0.4) is 0 Å². The SMILES string of the molecule is CC[C@@H]1C=C[C@H]2[C@H](C(=O)N(CCO)[C@@H]2C(=O)NC(C)(C)CC(C)(C)C)[C@@H]1C(=O)NC. The van der Waals surface area contributed by atoms with Gasteiger partial charge >= 0.3 is 0 Å². The quantitative estimate of drug-likeness (QED) is 0.545. The minimum atomic E-state index is -0.727. The second-order valence-corrected chi connectivity index (χ2v) is 10.5. The number of allylic oxidation sites excluding steroid dienone is 1. The van der Waals surface area contributed by atoms with Crippen LogP contribution >= 0.6 is 0 Å². The van der Waals surface area contributed by atoms with E-state index in [4.69, 9.17) is 0 Å². The van der Waals surface area contributed by atoms with Gasteiger partial charge in [0.1, 0.15) is 6.04 Å². The molecule has 170 valence electrons. The van der Waals surface area contributed by atoms with Crippen molar-refractivity contribution >= 4 is 17.7 Å². The first-order valence-electron chi connectivity index (χ1n) is 11.0. The van der Waals surface area contributed by atoms with Gasteiger partial charge in [-0.1, -0.05) is 39.8 Å². The van der Waals surface area contributed by atoms with E-state index in [1.807, 2.05) is 32.9 Å². The molecule has 5 atom stereocenters. The number of carbonyl (C=O) groups excluding carboxylic acids is 3. The van der Waals surface area contributed by atoms with Crippen LogP contribution in [0.5, 0.6) is 0 Å². The van der Waals surface area contributed by atoms with E-state index in [9.17, 15) is 19.5 Å². The molecule has 2 rings (SSSR count). The lowest BCUT2D eigenvalue weighted by Crippen LogP contribution is -2.55. The maximum atomic E-state index is 13.4. The number of nitrogens with zero attached hydrogens (tertiary/aromatic N) is 1. The summed E-state index contributed by atoms with van der Waals surface area (Å²) in [6.45, 7) is 12.2. The van der Waals surface area contributed by atoms with Gasteiger partial charge < -0.3 is 20.6 Å². The number of likely N-dealkylation sites (tertiary alicyclic amines) is 1. The molecule has 1 aliphatic heterocycles. The Hall–Kier alpha value is -1.89. The van der Waals surface area contributed by atoms with E-state index in [0.29, 0.717) is 0 Å². The van der Waals surface area contributed by atoms with Gasteiger partial charge in [-0.3, -0.25) is 14.4 Å². The van der Waals surface area contributed by atoms with E-state index in [1.54, 1.807) is 7.05 Å². The van der Waals surface area contributed by atoms with Crippen molar-refractivity contribution in [3.8, 4) is 0 Å². The Morgan fingerprint density at radius 1 is 1.13 bits per heavy atom. The van der Waals surface area contributed by atoms with E-state index in [0.717, 1.165) is 12.8 Å². The average Bonchev–Trinajstić information content (AvgIpc) is 2.90. The van der Waals surface area contributed by atoms with Crippen LogP contribution < -0.4 is 10.6 Å². The first kappa shape index (κ1) is 24.4. The Balaban J connectivity index is 2.39. The van der Waals surface area contributed by atoms with Crippen LogP contribution in [0.15, 0.2) is 12.2 Å². The van der Waals surface area contributed by atoms with Gasteiger partial charge in [-0.05, 0) is 38.0 Å². The molecule has 3 N–H and O–H groups in total. The van der Waals surface area contributed by atoms with Crippen LogP contribution in [0.25, 0.3) is 0 Å². The van der Waals surface area contributed by atoms with E-state index in [1.165, 1.54) is 4.90 Å². The molecule has 0 aromatic heterocycles. The average molecular weight is 422 g/mol. The van der Waals surface area contributed by atoms with Gasteiger partial charge in [0.05, 0.1) is 18.4 Å². The summed E-state index contributed by atoms with van der Waals surface area (Å²) in [7, 11) is 1.58. The lowest BCUT2D eigenvalue weighted by molar-refractivity contribution is -0.141. The zero-order valence-corrected chi connectivity index (χ0v) is 19.5. The maximum Gasteiger partial charge on any atom is 0.243 e. The number of β-amino-alcohol motifs (C(OH)–C–C–N with tert-alkyl or cyclic N) is 1. The number of hydrogen-bond acceptors (Lipinski definition) is 4. The van der Waals surface area contributed by atoms with Crippen LogP contribution in [-0.4, -0.2) is 59.5 Å². The third-order valence-corrected chi connectivity index (χ3v) is 6.18. The van der Waals surface area contributed by atoms with Crippen molar-refractivity contribution in [2.75, 3.05) is 20.2 Å². The molecule has 30 heavy (non-hydrogen) atoms. The van der Waals surface area contributed by atoms with Crippen molar-refractivity contribution in [2.24, 2.45) is 29.1 Å². The summed E-state index contributed by atoms with van der Waals surface area (Å²) in [6.07, 6.45) is 5.43. The first-order chi connectivity index (χ1) is 13.9. The summed E-state index contributed by atoms with van der Waals surface area (Å²) in [5.41, 5.74) is -0.426. The van der Waals surface area contributed by atoms with Gasteiger partial charge in [-0.2, -0.15) is 0 Å². The highest BCUT2D eigenvalue weighted by Crippen LogP contribution is 2.45. The molecule has 0 bridgehead atoms. The Kier molecular flexibility index (Phi) is 7.38. The molecule has 2 aliphatic rings. The summed E-state index contributed by atoms with van der Waals surface area (Å²) in [4.78, 5) is 40.9. The number of rotatable bonds is 7. The highest BCUT2D eigenvalue weighted by Gasteiger charge is 2.57. The lowest BCUT2D eigenvalue weighted by Gasteiger charge is -2.37. The van der Waals surface area contributed by atoms with Crippen molar-refractivity contribution in [1.29, 1.82) is 0 Å². The predicted octanol–water partition coefficient (Wildman–Crippen LogP) is 1.71. The Bertz CT molecular complexity index is 695. The smallest absolute Gasteiger partial charge is 0.243 e. The lowest BCUT2D eigenvalue weighted by atomic mass is 9.68. The van der Waals surface area contributed by atoms with Gasteiger partial charge in [0.2, 0.25) is 17.7 Å². The number of carbonyl (C=O) groups is 3. The van der Waals surface area contributed by atoms with E-state index < -0.39 is 23.4 Å². The third-order valence-electron chi connectivity index (χ3n) is 6.18. The monoisotopic (exact) mass is 421 g/mol. The Morgan fingerprint density at radius 3 is 2.27 bits per heavy atom. The van der Waals surface area contributed by atoms with Crippen molar-refractivity contribution in [2.45, 2.75) is 66.0 Å². The number of aliphatic hydroxyl groups is 1. The molecular formula is C23H39N3O4. The van der Waals surface area contributed by atoms with Crippen molar-refractivity contribution in [3.05, 3.63) is 12.2 Å². The van der Waals surface area contributed by atoms with Crippen LogP contribution in [0.1, 0.15) is 54.4 Å². The molecule has 0 saturated carbocycles. The molecule has 0 spiro atoms. The summed E-state index contributed by atoms with van der Waals surface area (Å²) in [5, 5.41) is 15.4. The molecule has 7 heteroatoms. The maximum absolute atomic E-state index is 13.4. The van der Waals surface area contributed by atoms with Crippen LogP contribution in [0.2, 0.25) is 0 Å². The fraction of sp³-hybridized carbons (Fsp3) is 0.783. The number of amides is 3. The first-order valence-corrected chi connectivity index (χ1v) is 11.0. The van der Waals surface area contributed by atoms with Gasteiger partial charge in [-0.15, -0.1) is 0 Å². The highest BCUT2D eigenvalue weighted by molar-refractivity contribution is 5.97. The molecule has 3 amide bonds. The molecule has 1 aliphatic carbocycles. The zero-order chi connectivity index (χ0) is 22.9. The minimum absolute atomic E-state index is 0.0268. The molecule has 0 unspecified atom stereocenters. The molecule has 1 heterocycles. The fourth-order valence-electron chi connectivity index (χ4n) is 5.54. The van der Waals surface area contributed by atoms with Crippen LogP contribution in [0, 0.1) is 29.1 Å². The predicted molar refractivity (Wildman–Crippen MR) is 116 cm³/mol. The molecular weight excluding hydrogens is 382 g/mol. The summed E-state index contributed by atoms with van der Waals surface area (Å²) in [6, 6.07) is -0.727. The Morgan fingerprint density at radius 2 is 1.77 bits per heavy atom. The summed E-state index contributed by atoms with van der Waals surface area (Å²) >= 11 is 0. The summed E-state index contributed by atoms with van der Waals surface area (Å²) < 4.78 is 0. The van der Waals surface area contributed by atoms with E-state index >= 15 is 0 Å². The molecule has 7 nitrogen and oxygen atoms in total. The van der Waals surface area contributed by atoms with E-state index in [2.05, 4.69) is 31.4 Å². The Labute approximate surface area is 180 Å². The van der Waals surface area contributed by atoms with E-state index in [-0.39, 0.29) is 48.1 Å². The van der Waals surface area contributed by atoms with Gasteiger partial charge in [0, 0.05) is 25.0 Å². The number of fused-ring (bicyclic) bond motifs is 1. The highest BCUT2D eigenvalue weighted by atomic mass is 16.3. The standard InChI is InChI=1S/C23H39N3O4/c1-8-14-9-10-15-17(16(14)19(28)24-7)21(30)26(11-12-27)18(15)20(29)25-23(5,6)13-22(2,3)4/h9-10,14-18,27H,8,11-13H2,1-7H3,(H,24,28)(H,25,29)/t14-,15+,16-,17+,18+/m1/s1. The number of hydrogen-bond donors (Lipinski definition) is 3. The topological polar surface area (TPSA) is 98.7 Å². The second-order valence-electron chi connectivity index (χ2n) is 10.5. The zero-order valence-electron chi connectivity index (χ0n) is 19.5. The van der Waals surface area contributed by atoms with Gasteiger partial charge in [0.15, 0.2) is 0 Å².